The van der Waals surface area contributed by atoms with Gasteiger partial charge in [-0.3, -0.25) is 14.0 Å². The van der Waals surface area contributed by atoms with Gasteiger partial charge in [-0.25, -0.2) is 4.98 Å². The van der Waals surface area contributed by atoms with E-state index in [1.54, 1.807) is 17.0 Å². The molecule has 0 radical (unpaired) electrons. The Morgan fingerprint density at radius 2 is 1.91 bits per heavy atom. The van der Waals surface area contributed by atoms with Crippen LogP contribution in [0, 0.1) is 6.92 Å². The molecule has 0 atom stereocenters. The Bertz CT molecular complexity index is 1440. The van der Waals surface area contributed by atoms with Crippen LogP contribution in [-0.4, -0.2) is 62.4 Å². The fourth-order valence-electron chi connectivity index (χ4n) is 4.71. The lowest BCUT2D eigenvalue weighted by Crippen LogP contribution is -2.37. The largest absolute Gasteiger partial charge is 0.381 e. The average Bonchev–Trinajstić information content (AvgIpc) is 3.29. The third-order valence-electron chi connectivity index (χ3n) is 6.58. The number of pyridine rings is 1. The number of nitrogens with one attached hydrogen (secondary N) is 2. The minimum absolute atomic E-state index is 0.0409. The molecule has 0 amide bonds. The number of fused-ring (bicyclic) bond motifs is 4. The lowest BCUT2D eigenvalue weighted by molar-refractivity contribution is 0.300. The minimum atomic E-state index is -0.0409. The van der Waals surface area contributed by atoms with Crippen molar-refractivity contribution in [3.63, 3.8) is 0 Å². The molecule has 34 heavy (non-hydrogen) atoms. The van der Waals surface area contributed by atoms with Gasteiger partial charge in [-0.15, -0.1) is 0 Å². The van der Waals surface area contributed by atoms with Crippen LogP contribution in [-0.2, 0) is 13.1 Å². The molecule has 2 N–H and O–H groups in total. The van der Waals surface area contributed by atoms with Crippen molar-refractivity contribution in [3.05, 3.63) is 58.8 Å². The third kappa shape index (κ3) is 3.56. The molecule has 0 aliphatic carbocycles. The Kier molecular flexibility index (Phi) is 4.95. The van der Waals surface area contributed by atoms with Crippen LogP contribution in [0.25, 0.3) is 11.0 Å². The Hall–Kier alpha value is -3.92. The zero-order valence-corrected chi connectivity index (χ0v) is 19.3. The summed E-state index contributed by atoms with van der Waals surface area (Å²) in [6.07, 6.45) is 5.50. The van der Waals surface area contributed by atoms with Crippen LogP contribution in [0.3, 0.4) is 0 Å². The van der Waals surface area contributed by atoms with E-state index in [-0.39, 0.29) is 5.56 Å². The molecular weight excluding hydrogens is 430 g/mol. The van der Waals surface area contributed by atoms with Gasteiger partial charge in [0, 0.05) is 50.5 Å². The third-order valence-corrected chi connectivity index (χ3v) is 6.58. The predicted molar refractivity (Wildman–Crippen MR) is 133 cm³/mol. The van der Waals surface area contributed by atoms with E-state index in [1.165, 1.54) is 0 Å². The van der Waals surface area contributed by atoms with E-state index in [1.807, 2.05) is 23.0 Å². The second-order valence-electron chi connectivity index (χ2n) is 8.93. The topological polar surface area (TPSA) is 96.1 Å². The van der Waals surface area contributed by atoms with Crippen molar-refractivity contribution in [2.24, 2.45) is 0 Å². The summed E-state index contributed by atoms with van der Waals surface area (Å²) in [5.74, 6) is 0.448. The number of hydrogen-bond acceptors (Lipinski definition) is 8. The van der Waals surface area contributed by atoms with Gasteiger partial charge in [0.25, 0.3) is 5.56 Å². The van der Waals surface area contributed by atoms with Gasteiger partial charge in [-0.05, 0) is 31.7 Å². The van der Waals surface area contributed by atoms with E-state index < -0.39 is 0 Å². The molecule has 0 spiro atoms. The summed E-state index contributed by atoms with van der Waals surface area (Å²) in [5, 5.41) is 11.9. The molecular formula is C24H27N9O. The SMILES string of the molecule is Cc1cccc2c1NCCN2c1cc2cnc3nc2n(c1=O)CCN(C)CCn1cc(cn1)N3. The number of rotatable bonds is 1. The summed E-state index contributed by atoms with van der Waals surface area (Å²) in [5.41, 5.74) is 5.32. The standard InChI is InChI=1S/C24H27N9O/c1-16-4-3-5-19-21(16)25-6-7-32(19)20-12-17-13-26-24-28-18-14-27-31(15-18)10-8-30(2)9-11-33(23(20)34)22(17)29-24/h3-5,12-15,25H,6-11H2,1-2H3,(H,26,28,29). The summed E-state index contributed by atoms with van der Waals surface area (Å²) in [6, 6.07) is 8.11. The maximum absolute atomic E-state index is 13.9. The van der Waals surface area contributed by atoms with Gasteiger partial charge < -0.3 is 20.4 Å². The van der Waals surface area contributed by atoms with E-state index in [0.29, 0.717) is 30.4 Å². The predicted octanol–water partition coefficient (Wildman–Crippen LogP) is 2.55. The molecule has 1 aromatic carbocycles. The first-order valence-corrected chi connectivity index (χ1v) is 11.6. The zero-order valence-electron chi connectivity index (χ0n) is 19.3. The molecule has 2 aliphatic heterocycles. The van der Waals surface area contributed by atoms with Crippen LogP contribution in [0.5, 0.6) is 0 Å². The van der Waals surface area contributed by atoms with Crippen molar-refractivity contribution < 1.29 is 0 Å². The van der Waals surface area contributed by atoms with Crippen molar-refractivity contribution >= 4 is 39.7 Å². The summed E-state index contributed by atoms with van der Waals surface area (Å²) in [7, 11) is 2.06. The van der Waals surface area contributed by atoms with Crippen molar-refractivity contribution in [1.29, 1.82) is 0 Å². The highest BCUT2D eigenvalue weighted by molar-refractivity contribution is 5.85. The quantitative estimate of drug-likeness (QED) is 0.450. The summed E-state index contributed by atoms with van der Waals surface area (Å²) < 4.78 is 3.70. The Labute approximate surface area is 196 Å². The van der Waals surface area contributed by atoms with Gasteiger partial charge in [0.15, 0.2) is 0 Å². The summed E-state index contributed by atoms with van der Waals surface area (Å²) >= 11 is 0. The van der Waals surface area contributed by atoms with E-state index >= 15 is 0 Å². The smallest absolute Gasteiger partial charge is 0.276 e. The van der Waals surface area contributed by atoms with Crippen LogP contribution in [0.15, 0.2) is 47.7 Å². The average molecular weight is 458 g/mol. The highest BCUT2D eigenvalue weighted by Crippen LogP contribution is 2.36. The first-order valence-electron chi connectivity index (χ1n) is 11.6. The second kappa shape index (κ2) is 8.14. The van der Waals surface area contributed by atoms with Crippen molar-refractivity contribution in [2.45, 2.75) is 20.0 Å². The van der Waals surface area contributed by atoms with Gasteiger partial charge in [-0.2, -0.15) is 10.1 Å². The molecule has 5 heterocycles. The monoisotopic (exact) mass is 457 g/mol. The molecule has 4 aromatic rings. The molecule has 10 heteroatoms. The molecule has 0 saturated carbocycles. The highest BCUT2D eigenvalue weighted by Gasteiger charge is 2.24. The van der Waals surface area contributed by atoms with Crippen LogP contribution in [0.1, 0.15) is 5.56 Å². The Morgan fingerprint density at radius 1 is 1.03 bits per heavy atom. The number of aryl methyl sites for hydroxylation is 1. The molecule has 0 unspecified atom stereocenters. The number of anilines is 5. The highest BCUT2D eigenvalue weighted by atomic mass is 16.1. The number of para-hydroxylation sites is 1. The molecule has 0 fully saturated rings. The molecule has 3 aromatic heterocycles. The summed E-state index contributed by atoms with van der Waals surface area (Å²) in [4.78, 5) is 27.5. The molecule has 2 aliphatic rings. The van der Waals surface area contributed by atoms with E-state index in [9.17, 15) is 4.79 Å². The number of likely N-dealkylation sites (N-methyl/N-ethyl adjacent to an activating group) is 1. The fraction of sp³-hybridized carbons (Fsp3) is 0.333. The van der Waals surface area contributed by atoms with Gasteiger partial charge in [-0.1, -0.05) is 12.1 Å². The Morgan fingerprint density at radius 3 is 2.82 bits per heavy atom. The van der Waals surface area contributed by atoms with Gasteiger partial charge in [0.2, 0.25) is 5.95 Å². The van der Waals surface area contributed by atoms with E-state index in [4.69, 9.17) is 4.98 Å². The number of benzene rings is 1. The van der Waals surface area contributed by atoms with Gasteiger partial charge in [0.05, 0.1) is 29.8 Å². The minimum Gasteiger partial charge on any atom is -0.381 e. The maximum atomic E-state index is 13.9. The lowest BCUT2D eigenvalue weighted by atomic mass is 10.1. The molecule has 10 nitrogen and oxygen atoms in total. The van der Waals surface area contributed by atoms with Gasteiger partial charge in [0.1, 0.15) is 11.3 Å². The normalized spacial score (nSPS) is 16.2. The van der Waals surface area contributed by atoms with Crippen molar-refractivity contribution in [1.82, 2.24) is 29.2 Å². The molecule has 4 bridgehead atoms. The maximum Gasteiger partial charge on any atom is 0.276 e. The van der Waals surface area contributed by atoms with Gasteiger partial charge >= 0.3 is 0 Å². The summed E-state index contributed by atoms with van der Waals surface area (Å²) in [6.45, 7) is 6.40. The Balaban J connectivity index is 1.51. The van der Waals surface area contributed by atoms with Crippen molar-refractivity contribution in [3.8, 4) is 0 Å². The van der Waals surface area contributed by atoms with E-state index in [0.717, 1.165) is 54.2 Å². The molecule has 0 saturated heterocycles. The lowest BCUT2D eigenvalue weighted by Gasteiger charge is -2.33. The molecule has 174 valence electrons. The van der Waals surface area contributed by atoms with Crippen LogP contribution < -0.4 is 21.1 Å². The number of hydrogen-bond donors (Lipinski definition) is 2. The second-order valence-corrected chi connectivity index (χ2v) is 8.93. The first-order chi connectivity index (χ1) is 16.6. The van der Waals surface area contributed by atoms with Crippen molar-refractivity contribution in [2.75, 3.05) is 48.8 Å². The van der Waals surface area contributed by atoms with Crippen LogP contribution >= 0.6 is 0 Å². The molecule has 6 rings (SSSR count). The van der Waals surface area contributed by atoms with Crippen LogP contribution in [0.2, 0.25) is 0 Å². The van der Waals surface area contributed by atoms with Crippen LogP contribution in [0.4, 0.5) is 28.7 Å². The fourth-order valence-corrected chi connectivity index (χ4v) is 4.71. The number of nitrogens with zero attached hydrogens (tertiary/aromatic N) is 7. The zero-order chi connectivity index (χ0) is 23.2. The van der Waals surface area contributed by atoms with E-state index in [2.05, 4.69) is 56.6 Å². The number of aromatic nitrogens is 5. The first kappa shape index (κ1) is 20.7.